The fourth-order valence-corrected chi connectivity index (χ4v) is 7.01. The van der Waals surface area contributed by atoms with Crippen molar-refractivity contribution in [3.05, 3.63) is 77.1 Å². The highest BCUT2D eigenvalue weighted by Gasteiger charge is 2.42. The van der Waals surface area contributed by atoms with Gasteiger partial charge in [0.2, 0.25) is 0 Å². The number of imidazole rings is 1. The minimum Gasteiger partial charge on any atom is -0.329 e. The minimum absolute atomic E-state index is 0.235. The number of anilines is 2. The maximum Gasteiger partial charge on any atom is 0.326 e. The SMILES string of the molecule is Cc1ccc(NC(=O)N(CCCN2[C@@H]3CC[C@@H]2CC(n2c(C)nc4c2CCNC4)C3)c2cccc(F)c2)cc1. The Kier molecular flexibility index (Phi) is 7.40. The van der Waals surface area contributed by atoms with E-state index in [0.717, 1.165) is 62.4 Å². The topological polar surface area (TPSA) is 65.4 Å². The summed E-state index contributed by atoms with van der Waals surface area (Å²) in [7, 11) is 0. The van der Waals surface area contributed by atoms with Gasteiger partial charge in [0.25, 0.3) is 0 Å². The first-order chi connectivity index (χ1) is 19.0. The molecule has 1 aromatic heterocycles. The number of benzene rings is 2. The number of aryl methyl sites for hydroxylation is 2. The lowest BCUT2D eigenvalue weighted by Crippen LogP contribution is -2.45. The molecule has 0 saturated carbocycles. The second-order valence-electron chi connectivity index (χ2n) is 11.4. The fourth-order valence-electron chi connectivity index (χ4n) is 7.01. The third-order valence-electron chi connectivity index (χ3n) is 8.79. The van der Waals surface area contributed by atoms with Crippen LogP contribution in [0.2, 0.25) is 0 Å². The van der Waals surface area contributed by atoms with Crippen molar-refractivity contribution in [2.24, 2.45) is 0 Å². The smallest absolute Gasteiger partial charge is 0.326 e. The predicted molar refractivity (Wildman–Crippen MR) is 153 cm³/mol. The van der Waals surface area contributed by atoms with E-state index < -0.39 is 0 Å². The van der Waals surface area contributed by atoms with Crippen LogP contribution in [0.15, 0.2) is 48.5 Å². The molecule has 3 aromatic rings. The summed E-state index contributed by atoms with van der Waals surface area (Å²) in [4.78, 5) is 22.6. The fraction of sp³-hybridized carbons (Fsp3) is 0.484. The standard InChI is InChI=1S/C31H39FN6O/c1-21-7-9-24(10-8-21)35-31(39)37(25-6-3-5-23(32)17-25)16-4-15-36-26-11-12-27(36)19-28(18-26)38-22(2)34-29-20-33-14-13-30(29)38/h3,5-10,17,26-28,33H,4,11-16,18-20H2,1-2H3,(H,35,39)/t26-,27-/m1/s1. The molecule has 3 aliphatic rings. The van der Waals surface area contributed by atoms with Crippen molar-refractivity contribution in [1.82, 2.24) is 19.8 Å². The van der Waals surface area contributed by atoms with E-state index in [1.54, 1.807) is 17.0 Å². The zero-order valence-corrected chi connectivity index (χ0v) is 23.0. The van der Waals surface area contributed by atoms with Crippen LogP contribution in [0.4, 0.5) is 20.6 Å². The molecule has 6 rings (SSSR count). The van der Waals surface area contributed by atoms with E-state index in [1.165, 1.54) is 36.4 Å². The van der Waals surface area contributed by atoms with Crippen LogP contribution in [0.3, 0.4) is 0 Å². The van der Waals surface area contributed by atoms with Gasteiger partial charge in [0.05, 0.1) is 5.69 Å². The van der Waals surface area contributed by atoms with Crippen LogP contribution >= 0.6 is 0 Å². The molecule has 206 valence electrons. The zero-order valence-electron chi connectivity index (χ0n) is 23.0. The lowest BCUT2D eigenvalue weighted by molar-refractivity contribution is 0.104. The van der Waals surface area contributed by atoms with Crippen LogP contribution in [0.5, 0.6) is 0 Å². The van der Waals surface area contributed by atoms with Crippen molar-refractivity contribution in [2.75, 3.05) is 29.9 Å². The van der Waals surface area contributed by atoms with E-state index in [1.807, 2.05) is 31.2 Å². The van der Waals surface area contributed by atoms with Crippen LogP contribution in [0, 0.1) is 19.7 Å². The molecule has 3 aliphatic heterocycles. The quantitative estimate of drug-likeness (QED) is 0.419. The number of hydrogen-bond donors (Lipinski definition) is 2. The Hall–Kier alpha value is -3.23. The van der Waals surface area contributed by atoms with Crippen LogP contribution in [0.1, 0.15) is 60.9 Å². The lowest BCUT2D eigenvalue weighted by Gasteiger charge is -2.40. The van der Waals surface area contributed by atoms with Crippen LogP contribution in [0.25, 0.3) is 0 Å². The summed E-state index contributed by atoms with van der Waals surface area (Å²) in [6.07, 6.45) is 6.69. The zero-order chi connectivity index (χ0) is 26.9. The molecule has 8 heteroatoms. The summed E-state index contributed by atoms with van der Waals surface area (Å²) in [5.41, 5.74) is 5.12. The number of aromatic nitrogens is 2. The van der Waals surface area contributed by atoms with Crippen molar-refractivity contribution >= 4 is 17.4 Å². The second kappa shape index (κ2) is 11.1. The normalized spacial score (nSPS) is 22.5. The molecule has 39 heavy (non-hydrogen) atoms. The molecule has 2 saturated heterocycles. The average Bonchev–Trinajstić information content (AvgIpc) is 3.38. The molecule has 0 radical (unpaired) electrons. The molecule has 2 amide bonds. The van der Waals surface area contributed by atoms with Crippen molar-refractivity contribution in [2.45, 2.75) is 77.0 Å². The number of carbonyl (C=O) groups excluding carboxylic acids is 1. The molecular weight excluding hydrogens is 491 g/mol. The monoisotopic (exact) mass is 530 g/mol. The molecule has 7 nitrogen and oxygen atoms in total. The summed E-state index contributed by atoms with van der Waals surface area (Å²) in [5.74, 6) is 0.820. The molecule has 0 aliphatic carbocycles. The third kappa shape index (κ3) is 5.45. The van der Waals surface area contributed by atoms with E-state index >= 15 is 0 Å². The maximum absolute atomic E-state index is 14.1. The van der Waals surface area contributed by atoms with Gasteiger partial charge in [-0.2, -0.15) is 0 Å². The summed E-state index contributed by atoms with van der Waals surface area (Å²) < 4.78 is 16.7. The van der Waals surface area contributed by atoms with E-state index in [2.05, 4.69) is 27.0 Å². The minimum atomic E-state index is -0.339. The highest BCUT2D eigenvalue weighted by atomic mass is 19.1. The molecule has 2 bridgehead atoms. The number of carbonyl (C=O) groups is 1. The number of fused-ring (bicyclic) bond motifs is 3. The molecule has 2 atom stereocenters. The van der Waals surface area contributed by atoms with E-state index in [4.69, 9.17) is 4.98 Å². The van der Waals surface area contributed by atoms with Crippen LogP contribution < -0.4 is 15.5 Å². The number of piperidine rings is 1. The Bertz CT molecular complexity index is 1310. The van der Waals surface area contributed by atoms with Gasteiger partial charge < -0.3 is 15.2 Å². The predicted octanol–water partition coefficient (Wildman–Crippen LogP) is 5.58. The van der Waals surface area contributed by atoms with Gasteiger partial charge in [-0.25, -0.2) is 14.2 Å². The summed E-state index contributed by atoms with van der Waals surface area (Å²) in [6.45, 7) is 7.56. The van der Waals surface area contributed by atoms with Gasteiger partial charge in [-0.15, -0.1) is 0 Å². The summed E-state index contributed by atoms with van der Waals surface area (Å²) >= 11 is 0. The first-order valence-electron chi connectivity index (χ1n) is 14.4. The Morgan fingerprint density at radius 3 is 2.62 bits per heavy atom. The van der Waals surface area contributed by atoms with Gasteiger partial charge >= 0.3 is 6.03 Å². The Balaban J connectivity index is 1.11. The van der Waals surface area contributed by atoms with Gasteiger partial charge in [-0.1, -0.05) is 23.8 Å². The summed E-state index contributed by atoms with van der Waals surface area (Å²) in [6, 6.07) is 15.5. The van der Waals surface area contributed by atoms with Gasteiger partial charge in [0.15, 0.2) is 0 Å². The Morgan fingerprint density at radius 2 is 1.87 bits per heavy atom. The maximum atomic E-state index is 14.1. The van der Waals surface area contributed by atoms with Crippen molar-refractivity contribution < 1.29 is 9.18 Å². The Labute approximate surface area is 230 Å². The van der Waals surface area contributed by atoms with E-state index in [0.29, 0.717) is 30.4 Å². The molecular formula is C31H39FN6O. The molecule has 2 fully saturated rings. The lowest BCUT2D eigenvalue weighted by atomic mass is 9.96. The van der Waals surface area contributed by atoms with Gasteiger partial charge in [0, 0.05) is 67.8 Å². The first-order valence-corrected chi connectivity index (χ1v) is 14.4. The number of rotatable bonds is 7. The molecule has 2 aromatic carbocycles. The largest absolute Gasteiger partial charge is 0.329 e. The number of hydrogen-bond acceptors (Lipinski definition) is 4. The number of urea groups is 1. The molecule has 4 heterocycles. The highest BCUT2D eigenvalue weighted by Crippen LogP contribution is 2.42. The van der Waals surface area contributed by atoms with E-state index in [-0.39, 0.29) is 11.8 Å². The third-order valence-corrected chi connectivity index (χ3v) is 8.79. The second-order valence-corrected chi connectivity index (χ2v) is 11.4. The van der Waals surface area contributed by atoms with Crippen molar-refractivity contribution in [3.8, 4) is 0 Å². The van der Waals surface area contributed by atoms with Crippen LogP contribution in [-0.2, 0) is 13.0 Å². The number of nitrogens with zero attached hydrogens (tertiary/aromatic N) is 4. The first kappa shape index (κ1) is 26.0. The van der Waals surface area contributed by atoms with Crippen molar-refractivity contribution in [1.29, 1.82) is 0 Å². The summed E-state index contributed by atoms with van der Waals surface area (Å²) in [5, 5.41) is 6.45. The van der Waals surface area contributed by atoms with Gasteiger partial charge in [0.1, 0.15) is 11.6 Å². The molecule has 2 N–H and O–H groups in total. The molecule has 0 spiro atoms. The van der Waals surface area contributed by atoms with Gasteiger partial charge in [-0.3, -0.25) is 9.80 Å². The number of halogens is 1. The average molecular weight is 531 g/mol. The van der Waals surface area contributed by atoms with Gasteiger partial charge in [-0.05, 0) is 76.3 Å². The van der Waals surface area contributed by atoms with Crippen LogP contribution in [-0.4, -0.2) is 52.2 Å². The number of nitrogens with one attached hydrogen (secondary N) is 2. The van der Waals surface area contributed by atoms with Crippen molar-refractivity contribution in [3.63, 3.8) is 0 Å². The Morgan fingerprint density at radius 1 is 1.10 bits per heavy atom. The highest BCUT2D eigenvalue weighted by molar-refractivity contribution is 6.01. The van der Waals surface area contributed by atoms with E-state index in [9.17, 15) is 9.18 Å². The number of amides is 2. The molecule has 0 unspecified atom stereocenters.